The van der Waals surface area contributed by atoms with Crippen LogP contribution < -0.4 is 5.32 Å². The summed E-state index contributed by atoms with van der Waals surface area (Å²) in [5, 5.41) is 21.8. The normalized spacial score (nSPS) is 12.1. The summed E-state index contributed by atoms with van der Waals surface area (Å²) < 4.78 is 0. The van der Waals surface area contributed by atoms with Crippen LogP contribution in [0, 0.1) is 6.92 Å². The molecule has 116 valence electrons. The van der Waals surface area contributed by atoms with Gasteiger partial charge in [0, 0.05) is 12.6 Å². The molecule has 22 heavy (non-hydrogen) atoms. The van der Waals surface area contributed by atoms with Crippen LogP contribution in [0.1, 0.15) is 27.0 Å². The van der Waals surface area contributed by atoms with Crippen molar-refractivity contribution in [2.75, 3.05) is 6.61 Å². The number of rotatable bonds is 7. The zero-order chi connectivity index (χ0) is 15.9. The lowest BCUT2D eigenvalue weighted by Gasteiger charge is -2.17. The summed E-state index contributed by atoms with van der Waals surface area (Å²) in [6, 6.07) is 15.0. The number of aromatic carboxylic acids is 1. The summed E-state index contributed by atoms with van der Waals surface area (Å²) in [4.78, 5) is 11.0. The van der Waals surface area contributed by atoms with E-state index in [2.05, 4.69) is 29.6 Å². The van der Waals surface area contributed by atoms with Crippen molar-refractivity contribution in [2.45, 2.75) is 25.9 Å². The van der Waals surface area contributed by atoms with E-state index in [4.69, 9.17) is 5.11 Å². The van der Waals surface area contributed by atoms with E-state index >= 15 is 0 Å². The van der Waals surface area contributed by atoms with Crippen molar-refractivity contribution in [1.82, 2.24) is 5.32 Å². The number of hydrogen-bond acceptors (Lipinski definition) is 3. The van der Waals surface area contributed by atoms with E-state index < -0.39 is 5.97 Å². The summed E-state index contributed by atoms with van der Waals surface area (Å²) >= 11 is 0. The van der Waals surface area contributed by atoms with Gasteiger partial charge in [-0.2, -0.15) is 0 Å². The zero-order valence-corrected chi connectivity index (χ0v) is 12.6. The molecule has 0 amide bonds. The molecule has 0 aromatic heterocycles. The molecule has 1 unspecified atom stereocenters. The van der Waals surface area contributed by atoms with E-state index in [9.17, 15) is 9.90 Å². The first-order valence-corrected chi connectivity index (χ1v) is 7.30. The fourth-order valence-electron chi connectivity index (χ4n) is 2.29. The molecule has 3 N–H and O–H groups in total. The fraction of sp³-hybridized carbons (Fsp3) is 0.278. The SMILES string of the molecule is Cc1ccc(CC(CO)NCc2cccc(C(=O)O)c2)cc1. The molecule has 2 aromatic carbocycles. The van der Waals surface area contributed by atoms with Crippen LogP contribution in [0.4, 0.5) is 0 Å². The Bertz CT molecular complexity index is 622. The molecular weight excluding hydrogens is 278 g/mol. The highest BCUT2D eigenvalue weighted by atomic mass is 16.4. The maximum atomic E-state index is 11.0. The highest BCUT2D eigenvalue weighted by Crippen LogP contribution is 2.08. The van der Waals surface area contributed by atoms with Gasteiger partial charge in [0.1, 0.15) is 0 Å². The lowest BCUT2D eigenvalue weighted by atomic mass is 10.0. The molecule has 2 rings (SSSR count). The van der Waals surface area contributed by atoms with Crippen LogP contribution in [-0.2, 0) is 13.0 Å². The van der Waals surface area contributed by atoms with Crippen molar-refractivity contribution in [3.63, 3.8) is 0 Å². The Morgan fingerprint density at radius 1 is 1.14 bits per heavy atom. The number of benzene rings is 2. The molecule has 0 aliphatic rings. The summed E-state index contributed by atoms with van der Waals surface area (Å²) in [6.07, 6.45) is 0.732. The average molecular weight is 299 g/mol. The Balaban J connectivity index is 1.94. The monoisotopic (exact) mass is 299 g/mol. The van der Waals surface area contributed by atoms with Gasteiger partial charge in [-0.3, -0.25) is 0 Å². The number of nitrogens with one attached hydrogen (secondary N) is 1. The number of carboxylic acids is 1. The average Bonchev–Trinajstić information content (AvgIpc) is 2.53. The number of aliphatic hydroxyl groups excluding tert-OH is 1. The van der Waals surface area contributed by atoms with Gasteiger partial charge in [0.2, 0.25) is 0 Å². The van der Waals surface area contributed by atoms with Gasteiger partial charge < -0.3 is 15.5 Å². The van der Waals surface area contributed by atoms with Crippen LogP contribution in [0.15, 0.2) is 48.5 Å². The van der Waals surface area contributed by atoms with E-state index in [1.165, 1.54) is 5.56 Å². The van der Waals surface area contributed by atoms with Gasteiger partial charge in [-0.05, 0) is 36.6 Å². The molecule has 0 aliphatic heterocycles. The lowest BCUT2D eigenvalue weighted by molar-refractivity contribution is 0.0696. The third kappa shape index (κ3) is 4.69. The second-order valence-electron chi connectivity index (χ2n) is 5.46. The Kier molecular flexibility index (Phi) is 5.69. The molecule has 0 radical (unpaired) electrons. The first-order chi connectivity index (χ1) is 10.6. The molecular formula is C18H21NO3. The van der Waals surface area contributed by atoms with E-state index in [-0.39, 0.29) is 18.2 Å². The second kappa shape index (κ2) is 7.73. The van der Waals surface area contributed by atoms with Crippen LogP contribution in [0.25, 0.3) is 0 Å². The number of hydrogen-bond donors (Lipinski definition) is 3. The number of aliphatic hydroxyl groups is 1. The smallest absolute Gasteiger partial charge is 0.335 e. The first kappa shape index (κ1) is 16.2. The van der Waals surface area contributed by atoms with Crippen molar-refractivity contribution in [2.24, 2.45) is 0 Å². The molecule has 0 saturated carbocycles. The molecule has 0 aliphatic carbocycles. The molecule has 4 nitrogen and oxygen atoms in total. The maximum absolute atomic E-state index is 11.0. The van der Waals surface area contributed by atoms with Crippen LogP contribution in [0.2, 0.25) is 0 Å². The van der Waals surface area contributed by atoms with Crippen molar-refractivity contribution in [3.8, 4) is 0 Å². The topological polar surface area (TPSA) is 69.6 Å². The van der Waals surface area contributed by atoms with Gasteiger partial charge in [0.25, 0.3) is 0 Å². The van der Waals surface area contributed by atoms with Gasteiger partial charge in [-0.1, -0.05) is 42.0 Å². The van der Waals surface area contributed by atoms with Gasteiger partial charge in [-0.15, -0.1) is 0 Å². The number of carbonyl (C=O) groups is 1. The molecule has 4 heteroatoms. The molecule has 1 atom stereocenters. The Labute approximate surface area is 130 Å². The van der Waals surface area contributed by atoms with Crippen molar-refractivity contribution in [3.05, 3.63) is 70.8 Å². The predicted octanol–water partition coefficient (Wildman–Crippen LogP) is 2.39. The van der Waals surface area contributed by atoms with Gasteiger partial charge in [0.15, 0.2) is 0 Å². The highest BCUT2D eigenvalue weighted by molar-refractivity contribution is 5.87. The molecule has 0 heterocycles. The van der Waals surface area contributed by atoms with Crippen LogP contribution in [0.3, 0.4) is 0 Å². The van der Waals surface area contributed by atoms with Gasteiger partial charge in [0.05, 0.1) is 12.2 Å². The van der Waals surface area contributed by atoms with Crippen molar-refractivity contribution < 1.29 is 15.0 Å². The molecule has 2 aromatic rings. The quantitative estimate of drug-likeness (QED) is 0.734. The predicted molar refractivity (Wildman–Crippen MR) is 86.0 cm³/mol. The van der Waals surface area contributed by atoms with E-state index in [0.29, 0.717) is 6.54 Å². The molecule has 0 fully saturated rings. The molecule has 0 bridgehead atoms. The molecule has 0 spiro atoms. The second-order valence-corrected chi connectivity index (χ2v) is 5.46. The standard InChI is InChI=1S/C18H21NO3/c1-13-5-7-14(8-6-13)10-17(12-20)19-11-15-3-2-4-16(9-15)18(21)22/h2-9,17,19-20H,10-12H2,1H3,(H,21,22). The van der Waals surface area contributed by atoms with Gasteiger partial charge >= 0.3 is 5.97 Å². The zero-order valence-electron chi connectivity index (χ0n) is 12.6. The first-order valence-electron chi connectivity index (χ1n) is 7.30. The van der Waals surface area contributed by atoms with Crippen LogP contribution >= 0.6 is 0 Å². The van der Waals surface area contributed by atoms with E-state index in [0.717, 1.165) is 17.5 Å². The Morgan fingerprint density at radius 2 is 1.86 bits per heavy atom. The highest BCUT2D eigenvalue weighted by Gasteiger charge is 2.09. The fourth-order valence-corrected chi connectivity index (χ4v) is 2.29. The number of aryl methyl sites for hydroxylation is 1. The van der Waals surface area contributed by atoms with Crippen LogP contribution in [-0.4, -0.2) is 28.8 Å². The molecule has 0 saturated heterocycles. The van der Waals surface area contributed by atoms with E-state index in [1.54, 1.807) is 18.2 Å². The minimum absolute atomic E-state index is 0.0342. The van der Waals surface area contributed by atoms with Gasteiger partial charge in [-0.25, -0.2) is 4.79 Å². The summed E-state index contributed by atoms with van der Waals surface area (Å²) in [5.41, 5.74) is 3.54. The summed E-state index contributed by atoms with van der Waals surface area (Å²) in [7, 11) is 0. The third-order valence-electron chi connectivity index (χ3n) is 3.59. The Morgan fingerprint density at radius 3 is 2.50 bits per heavy atom. The van der Waals surface area contributed by atoms with E-state index in [1.807, 2.05) is 13.0 Å². The minimum Gasteiger partial charge on any atom is -0.478 e. The van der Waals surface area contributed by atoms with Crippen molar-refractivity contribution in [1.29, 1.82) is 0 Å². The Hall–Kier alpha value is -2.17. The van der Waals surface area contributed by atoms with Crippen LogP contribution in [0.5, 0.6) is 0 Å². The summed E-state index contributed by atoms with van der Waals surface area (Å²) in [6.45, 7) is 2.60. The van der Waals surface area contributed by atoms with Crippen molar-refractivity contribution >= 4 is 5.97 Å². The largest absolute Gasteiger partial charge is 0.478 e. The minimum atomic E-state index is -0.930. The third-order valence-corrected chi connectivity index (χ3v) is 3.59. The summed E-state index contributed by atoms with van der Waals surface area (Å²) in [5.74, 6) is -0.930. The number of carboxylic acid groups (broad SMARTS) is 1. The lowest BCUT2D eigenvalue weighted by Crippen LogP contribution is -2.34. The maximum Gasteiger partial charge on any atom is 0.335 e.